The number of thioether (sulfide) groups is 1. The van der Waals surface area contributed by atoms with Gasteiger partial charge in [-0.25, -0.2) is 0 Å². The third kappa shape index (κ3) is 3.29. The number of rotatable bonds is 6. The first kappa shape index (κ1) is 16.5. The highest BCUT2D eigenvalue weighted by atomic mass is 32.2. The van der Waals surface area contributed by atoms with Gasteiger partial charge in [-0.15, -0.1) is 15.3 Å². The Hall–Kier alpha value is -2.33. The summed E-state index contributed by atoms with van der Waals surface area (Å²) < 4.78 is 5.95. The molecule has 8 nitrogen and oxygen atoms in total. The van der Waals surface area contributed by atoms with Crippen LogP contribution in [0.2, 0.25) is 0 Å². The van der Waals surface area contributed by atoms with Gasteiger partial charge in [0.1, 0.15) is 4.88 Å². The van der Waals surface area contributed by atoms with Gasteiger partial charge in [-0.1, -0.05) is 28.4 Å². The summed E-state index contributed by atoms with van der Waals surface area (Å²) in [5.74, 6) is 1.34. The normalized spacial score (nSPS) is 10.9. The molecule has 0 aliphatic rings. The number of aromatic nitrogens is 5. The fraction of sp³-hybridized carbons (Fsp3) is 0.286. The van der Waals surface area contributed by atoms with E-state index in [2.05, 4.69) is 19.8 Å². The molecule has 0 aliphatic heterocycles. The number of nitro benzene ring substituents is 1. The molecule has 3 aromatic rings. The fourth-order valence-corrected chi connectivity index (χ4v) is 3.79. The molecule has 10 heteroatoms. The molecule has 2 aromatic heterocycles. The number of hydrogen-bond acceptors (Lipinski definition) is 8. The van der Waals surface area contributed by atoms with Crippen molar-refractivity contribution in [3.8, 4) is 10.7 Å². The minimum Gasteiger partial charge on any atom is -0.302 e. The summed E-state index contributed by atoms with van der Waals surface area (Å²) in [7, 11) is 0. The average molecular weight is 362 g/mol. The number of benzene rings is 1. The summed E-state index contributed by atoms with van der Waals surface area (Å²) in [5, 5.41) is 24.2. The van der Waals surface area contributed by atoms with Crippen LogP contribution in [0.5, 0.6) is 0 Å². The van der Waals surface area contributed by atoms with Crippen LogP contribution in [0.3, 0.4) is 0 Å². The van der Waals surface area contributed by atoms with Gasteiger partial charge in [0.25, 0.3) is 5.69 Å². The fourth-order valence-electron chi connectivity index (χ4n) is 2.19. The highest BCUT2D eigenvalue weighted by molar-refractivity contribution is 7.98. The summed E-state index contributed by atoms with van der Waals surface area (Å²) in [6.07, 6.45) is 0. The van der Waals surface area contributed by atoms with Crippen molar-refractivity contribution < 1.29 is 4.92 Å². The first-order valence-electron chi connectivity index (χ1n) is 7.18. The van der Waals surface area contributed by atoms with Gasteiger partial charge < -0.3 is 4.57 Å². The Labute approximate surface area is 146 Å². The highest BCUT2D eigenvalue weighted by Gasteiger charge is 2.17. The van der Waals surface area contributed by atoms with E-state index >= 15 is 0 Å². The minimum absolute atomic E-state index is 0.0945. The maximum Gasteiger partial charge on any atom is 0.269 e. The van der Waals surface area contributed by atoms with Crippen LogP contribution in [0.25, 0.3) is 10.7 Å². The Morgan fingerprint density at radius 3 is 2.83 bits per heavy atom. The number of aryl methyl sites for hydroxylation is 1. The van der Waals surface area contributed by atoms with Crippen LogP contribution in [0, 0.1) is 17.0 Å². The minimum atomic E-state index is -0.389. The predicted octanol–water partition coefficient (Wildman–Crippen LogP) is 3.33. The van der Waals surface area contributed by atoms with Gasteiger partial charge in [-0.05, 0) is 30.9 Å². The Balaban J connectivity index is 1.81. The van der Waals surface area contributed by atoms with Crippen molar-refractivity contribution in [1.29, 1.82) is 0 Å². The average Bonchev–Trinajstić information content (AvgIpc) is 3.18. The second-order valence-electron chi connectivity index (χ2n) is 4.95. The standard InChI is InChI=1S/C14H14N6O2S2/c1-3-19-13(12-9(2)15-18-24-12)16-17-14(19)23-8-10-5-4-6-11(7-10)20(21)22/h4-7H,3,8H2,1-2H3. The first-order valence-corrected chi connectivity index (χ1v) is 8.94. The highest BCUT2D eigenvalue weighted by Crippen LogP contribution is 2.29. The van der Waals surface area contributed by atoms with Crippen molar-refractivity contribution in [2.75, 3.05) is 0 Å². The summed E-state index contributed by atoms with van der Waals surface area (Å²) in [6.45, 7) is 4.63. The monoisotopic (exact) mass is 362 g/mol. The quantitative estimate of drug-likeness (QED) is 0.377. The Bertz CT molecular complexity index is 876. The lowest BCUT2D eigenvalue weighted by molar-refractivity contribution is -0.384. The van der Waals surface area contributed by atoms with Gasteiger partial charge in [0.2, 0.25) is 0 Å². The molecule has 124 valence electrons. The molecule has 1 aromatic carbocycles. The van der Waals surface area contributed by atoms with Gasteiger partial charge in [0.05, 0.1) is 10.6 Å². The van der Waals surface area contributed by atoms with E-state index < -0.39 is 0 Å². The number of non-ortho nitro benzene ring substituents is 1. The van der Waals surface area contributed by atoms with Crippen LogP contribution in [-0.2, 0) is 12.3 Å². The van der Waals surface area contributed by atoms with E-state index in [4.69, 9.17) is 0 Å². The number of hydrogen-bond donors (Lipinski definition) is 0. The molecule has 0 saturated carbocycles. The predicted molar refractivity (Wildman–Crippen MR) is 92.0 cm³/mol. The van der Waals surface area contributed by atoms with Crippen molar-refractivity contribution in [2.45, 2.75) is 31.3 Å². The number of nitro groups is 1. The Morgan fingerprint density at radius 2 is 2.17 bits per heavy atom. The van der Waals surface area contributed by atoms with E-state index in [0.29, 0.717) is 5.75 Å². The van der Waals surface area contributed by atoms with Crippen LogP contribution < -0.4 is 0 Å². The summed E-state index contributed by atoms with van der Waals surface area (Å²) in [4.78, 5) is 11.4. The van der Waals surface area contributed by atoms with Gasteiger partial charge in [0.15, 0.2) is 11.0 Å². The van der Waals surface area contributed by atoms with Crippen LogP contribution in [-0.4, -0.2) is 29.3 Å². The smallest absolute Gasteiger partial charge is 0.269 e. The summed E-state index contributed by atoms with van der Waals surface area (Å²) in [5.41, 5.74) is 1.80. The molecule has 0 aliphatic carbocycles. The summed E-state index contributed by atoms with van der Waals surface area (Å²) >= 11 is 2.80. The molecule has 0 unspecified atom stereocenters. The zero-order chi connectivity index (χ0) is 17.1. The Morgan fingerprint density at radius 1 is 1.33 bits per heavy atom. The van der Waals surface area contributed by atoms with E-state index in [0.717, 1.165) is 33.7 Å². The van der Waals surface area contributed by atoms with E-state index in [1.807, 2.05) is 24.5 Å². The lowest BCUT2D eigenvalue weighted by Crippen LogP contribution is -2.00. The van der Waals surface area contributed by atoms with Gasteiger partial charge in [-0.2, -0.15) is 0 Å². The molecule has 0 bridgehead atoms. The third-order valence-electron chi connectivity index (χ3n) is 3.38. The molecular formula is C14H14N6O2S2. The molecule has 24 heavy (non-hydrogen) atoms. The SMILES string of the molecule is CCn1c(SCc2cccc([N+](=O)[O-])c2)nnc1-c1snnc1C. The first-order chi connectivity index (χ1) is 11.6. The van der Waals surface area contributed by atoms with E-state index in [-0.39, 0.29) is 10.6 Å². The van der Waals surface area contributed by atoms with Crippen molar-refractivity contribution in [3.63, 3.8) is 0 Å². The van der Waals surface area contributed by atoms with E-state index in [1.165, 1.54) is 29.4 Å². The Kier molecular flexibility index (Phi) is 4.86. The van der Waals surface area contributed by atoms with Crippen LogP contribution in [0.1, 0.15) is 18.2 Å². The van der Waals surface area contributed by atoms with Crippen molar-refractivity contribution in [3.05, 3.63) is 45.6 Å². The van der Waals surface area contributed by atoms with Crippen molar-refractivity contribution in [1.82, 2.24) is 24.4 Å². The van der Waals surface area contributed by atoms with Crippen LogP contribution in [0.4, 0.5) is 5.69 Å². The molecule has 0 amide bonds. The molecule has 0 saturated heterocycles. The van der Waals surface area contributed by atoms with Crippen LogP contribution >= 0.6 is 23.3 Å². The molecule has 0 fully saturated rings. The number of nitrogens with zero attached hydrogens (tertiary/aromatic N) is 6. The molecule has 0 radical (unpaired) electrons. The van der Waals surface area contributed by atoms with Gasteiger partial charge in [-0.3, -0.25) is 10.1 Å². The maximum absolute atomic E-state index is 10.9. The lowest BCUT2D eigenvalue weighted by Gasteiger charge is -2.06. The molecule has 0 atom stereocenters. The topological polar surface area (TPSA) is 99.6 Å². The zero-order valence-corrected chi connectivity index (χ0v) is 14.7. The second-order valence-corrected chi connectivity index (χ2v) is 6.65. The third-order valence-corrected chi connectivity index (χ3v) is 5.24. The van der Waals surface area contributed by atoms with Crippen molar-refractivity contribution >= 4 is 29.0 Å². The summed E-state index contributed by atoms with van der Waals surface area (Å²) in [6, 6.07) is 6.62. The molecule has 0 spiro atoms. The van der Waals surface area contributed by atoms with Crippen molar-refractivity contribution in [2.24, 2.45) is 0 Å². The molecule has 0 N–H and O–H groups in total. The van der Waals surface area contributed by atoms with Gasteiger partial charge >= 0.3 is 0 Å². The largest absolute Gasteiger partial charge is 0.302 e. The second kappa shape index (κ2) is 7.05. The zero-order valence-electron chi connectivity index (χ0n) is 13.0. The maximum atomic E-state index is 10.9. The van der Waals surface area contributed by atoms with Gasteiger partial charge in [0, 0.05) is 24.4 Å². The van der Waals surface area contributed by atoms with E-state index in [9.17, 15) is 10.1 Å². The molecule has 3 rings (SSSR count). The molecule has 2 heterocycles. The molecular weight excluding hydrogens is 348 g/mol. The lowest BCUT2D eigenvalue weighted by atomic mass is 10.2. The van der Waals surface area contributed by atoms with Crippen LogP contribution in [0.15, 0.2) is 29.4 Å². The van der Waals surface area contributed by atoms with E-state index in [1.54, 1.807) is 12.1 Å².